The fraction of sp³-hybridized carbons (Fsp3) is 0.444. The Morgan fingerprint density at radius 2 is 2.50 bits per heavy atom. The van der Waals surface area contributed by atoms with Crippen molar-refractivity contribution in [2.45, 2.75) is 19.0 Å². The van der Waals surface area contributed by atoms with E-state index in [4.69, 9.17) is 10.8 Å². The van der Waals surface area contributed by atoms with E-state index in [2.05, 4.69) is 9.98 Å². The van der Waals surface area contributed by atoms with Gasteiger partial charge in [0, 0.05) is 17.7 Å². The second-order valence-electron chi connectivity index (χ2n) is 3.62. The molecule has 0 saturated carbocycles. The molecule has 1 aliphatic heterocycles. The lowest BCUT2D eigenvalue weighted by atomic mass is 10.1. The van der Waals surface area contributed by atoms with E-state index in [1.165, 1.54) is 23.1 Å². The van der Waals surface area contributed by atoms with Crippen LogP contribution in [0.1, 0.15) is 17.6 Å². The van der Waals surface area contributed by atoms with Gasteiger partial charge in [0.1, 0.15) is 15.7 Å². The summed E-state index contributed by atoms with van der Waals surface area (Å²) in [6.45, 7) is 2.02. The van der Waals surface area contributed by atoms with Crippen molar-refractivity contribution < 1.29 is 9.90 Å². The van der Waals surface area contributed by atoms with Gasteiger partial charge in [0.15, 0.2) is 5.54 Å². The van der Waals surface area contributed by atoms with Crippen molar-refractivity contribution in [3.05, 3.63) is 16.1 Å². The van der Waals surface area contributed by atoms with Crippen molar-refractivity contribution in [3.8, 4) is 0 Å². The summed E-state index contributed by atoms with van der Waals surface area (Å²) < 4.78 is 0. The number of nitrogens with two attached hydrogens (primary N) is 1. The van der Waals surface area contributed by atoms with E-state index in [0.29, 0.717) is 17.3 Å². The minimum atomic E-state index is -1.02. The Bertz CT molecular complexity index is 457. The average Bonchev–Trinajstić information content (AvgIpc) is 2.84. The number of nitrogens with zero attached hydrogens (tertiary/aromatic N) is 2. The van der Waals surface area contributed by atoms with E-state index < -0.39 is 11.5 Å². The van der Waals surface area contributed by atoms with Gasteiger partial charge in [-0.25, -0.2) is 9.78 Å². The van der Waals surface area contributed by atoms with Crippen LogP contribution < -0.4 is 5.73 Å². The maximum Gasteiger partial charge on any atom is 0.332 e. The summed E-state index contributed by atoms with van der Waals surface area (Å²) in [4.78, 5) is 19.5. The summed E-state index contributed by atoms with van der Waals surface area (Å²) in [5, 5.41) is 12.4. The molecule has 0 saturated heterocycles. The molecule has 1 aromatic rings. The molecular formula is C9H11N3O2S2. The van der Waals surface area contributed by atoms with Crippen molar-refractivity contribution in [2.24, 2.45) is 10.7 Å². The molecule has 5 nitrogen and oxygen atoms in total. The highest BCUT2D eigenvalue weighted by molar-refractivity contribution is 8.14. The highest BCUT2D eigenvalue weighted by atomic mass is 32.2. The van der Waals surface area contributed by atoms with Gasteiger partial charge in [0.25, 0.3) is 0 Å². The average molecular weight is 257 g/mol. The molecule has 0 fully saturated rings. The molecule has 86 valence electrons. The first-order valence-corrected chi connectivity index (χ1v) is 6.52. The third-order valence-electron chi connectivity index (χ3n) is 2.24. The lowest BCUT2D eigenvalue weighted by Crippen LogP contribution is -2.33. The highest BCUT2D eigenvalue weighted by Gasteiger charge is 2.38. The summed E-state index contributed by atoms with van der Waals surface area (Å²) >= 11 is 2.89. The number of hydrogen-bond donors (Lipinski definition) is 2. The number of thiazole rings is 1. The van der Waals surface area contributed by atoms with Crippen LogP contribution in [0.15, 0.2) is 10.4 Å². The SMILES string of the molecule is C[C@@]1(C(=O)O)CSC(c2csc(CN)n2)=N1. The molecule has 3 N–H and O–H groups in total. The molecule has 0 aliphatic carbocycles. The van der Waals surface area contributed by atoms with Crippen LogP contribution in [-0.2, 0) is 11.3 Å². The Hall–Kier alpha value is -0.920. The van der Waals surface area contributed by atoms with E-state index >= 15 is 0 Å². The smallest absolute Gasteiger partial charge is 0.332 e. The topological polar surface area (TPSA) is 88.6 Å². The molecule has 2 rings (SSSR count). The van der Waals surface area contributed by atoms with Gasteiger partial charge < -0.3 is 10.8 Å². The fourth-order valence-electron chi connectivity index (χ4n) is 1.24. The summed E-state index contributed by atoms with van der Waals surface area (Å²) in [7, 11) is 0. The number of carboxylic acids is 1. The zero-order valence-corrected chi connectivity index (χ0v) is 10.3. The van der Waals surface area contributed by atoms with Gasteiger partial charge in [-0.2, -0.15) is 0 Å². The van der Waals surface area contributed by atoms with E-state index in [0.717, 1.165) is 10.7 Å². The Kier molecular flexibility index (Phi) is 3.00. The Morgan fingerprint density at radius 3 is 3.00 bits per heavy atom. The van der Waals surface area contributed by atoms with Crippen molar-refractivity contribution in [1.82, 2.24) is 4.98 Å². The van der Waals surface area contributed by atoms with Gasteiger partial charge in [-0.1, -0.05) is 0 Å². The van der Waals surface area contributed by atoms with E-state index in [9.17, 15) is 4.79 Å². The molecule has 1 aliphatic rings. The number of hydrogen-bond acceptors (Lipinski definition) is 6. The number of carboxylic acid groups (broad SMARTS) is 1. The molecule has 0 amide bonds. The third-order valence-corrected chi connectivity index (χ3v) is 4.40. The first kappa shape index (κ1) is 11.6. The maximum absolute atomic E-state index is 11.0. The van der Waals surface area contributed by atoms with Crippen LogP contribution >= 0.6 is 23.1 Å². The summed E-state index contributed by atoms with van der Waals surface area (Å²) in [6.07, 6.45) is 0. The molecule has 1 atom stereocenters. The van der Waals surface area contributed by atoms with Gasteiger partial charge >= 0.3 is 5.97 Å². The molecule has 16 heavy (non-hydrogen) atoms. The van der Waals surface area contributed by atoms with Crippen LogP contribution in [0.3, 0.4) is 0 Å². The van der Waals surface area contributed by atoms with E-state index in [1.807, 2.05) is 5.38 Å². The minimum Gasteiger partial charge on any atom is -0.479 e. The Labute approximate surface area is 101 Å². The third kappa shape index (κ3) is 1.98. The minimum absolute atomic E-state index is 0.402. The first-order chi connectivity index (χ1) is 7.55. The number of carbonyl (C=O) groups is 1. The summed E-state index contributed by atoms with van der Waals surface area (Å²) in [6, 6.07) is 0. The fourth-order valence-corrected chi connectivity index (χ4v) is 3.10. The van der Waals surface area contributed by atoms with Gasteiger partial charge in [-0.05, 0) is 6.92 Å². The number of rotatable bonds is 3. The van der Waals surface area contributed by atoms with E-state index in [1.54, 1.807) is 6.92 Å². The van der Waals surface area contributed by atoms with Gasteiger partial charge in [-0.3, -0.25) is 4.99 Å². The lowest BCUT2D eigenvalue weighted by molar-refractivity contribution is -0.141. The first-order valence-electron chi connectivity index (χ1n) is 4.66. The summed E-state index contributed by atoms with van der Waals surface area (Å²) in [5.41, 5.74) is 5.19. The van der Waals surface area contributed by atoms with Crippen LogP contribution in [0.5, 0.6) is 0 Å². The second-order valence-corrected chi connectivity index (χ2v) is 5.52. The molecule has 0 spiro atoms. The molecular weight excluding hydrogens is 246 g/mol. The van der Waals surface area contributed by atoms with E-state index in [-0.39, 0.29) is 0 Å². The predicted octanol–water partition coefficient (Wildman–Crippen LogP) is 0.939. The van der Waals surface area contributed by atoms with Crippen LogP contribution in [0.4, 0.5) is 0 Å². The molecule has 7 heteroatoms. The normalized spacial score (nSPS) is 24.5. The molecule has 2 heterocycles. The Morgan fingerprint density at radius 1 is 1.75 bits per heavy atom. The highest BCUT2D eigenvalue weighted by Crippen LogP contribution is 2.31. The monoisotopic (exact) mass is 257 g/mol. The molecule has 0 bridgehead atoms. The van der Waals surface area contributed by atoms with Crippen LogP contribution in [0.25, 0.3) is 0 Å². The number of aliphatic carboxylic acids is 1. The van der Waals surface area contributed by atoms with Crippen LogP contribution in [0.2, 0.25) is 0 Å². The second kappa shape index (κ2) is 4.15. The molecule has 0 unspecified atom stereocenters. The zero-order chi connectivity index (χ0) is 11.8. The maximum atomic E-state index is 11.0. The van der Waals surface area contributed by atoms with Crippen molar-refractivity contribution >= 4 is 34.1 Å². The van der Waals surface area contributed by atoms with Crippen molar-refractivity contribution in [3.63, 3.8) is 0 Å². The standard InChI is InChI=1S/C9H11N3O2S2/c1-9(8(13)14)4-16-7(12-9)5-3-15-6(2-10)11-5/h3H,2,4,10H2,1H3,(H,13,14)/t9-/m0/s1. The number of aliphatic imine (C=N–C) groups is 1. The van der Waals surface area contributed by atoms with Crippen molar-refractivity contribution in [1.29, 1.82) is 0 Å². The number of thioether (sulfide) groups is 1. The zero-order valence-electron chi connectivity index (χ0n) is 8.64. The van der Waals surface area contributed by atoms with Crippen LogP contribution in [-0.4, -0.2) is 32.4 Å². The summed E-state index contributed by atoms with van der Waals surface area (Å²) in [5.74, 6) is -0.447. The molecule has 0 aromatic carbocycles. The lowest BCUT2D eigenvalue weighted by Gasteiger charge is -2.11. The predicted molar refractivity (Wildman–Crippen MR) is 65.0 cm³/mol. The van der Waals surface area contributed by atoms with Gasteiger partial charge in [0.2, 0.25) is 0 Å². The van der Waals surface area contributed by atoms with Crippen LogP contribution in [0, 0.1) is 0 Å². The molecule has 0 radical (unpaired) electrons. The quantitative estimate of drug-likeness (QED) is 0.841. The van der Waals surface area contributed by atoms with Crippen molar-refractivity contribution in [2.75, 3.05) is 5.75 Å². The number of aromatic nitrogens is 1. The molecule has 1 aromatic heterocycles. The van der Waals surface area contributed by atoms with Gasteiger partial charge in [0.05, 0.1) is 0 Å². The van der Waals surface area contributed by atoms with Gasteiger partial charge in [-0.15, -0.1) is 23.1 Å². The Balaban J connectivity index is 2.27. The largest absolute Gasteiger partial charge is 0.479 e.